The van der Waals surface area contributed by atoms with Crippen LogP contribution < -0.4 is 5.32 Å². The van der Waals surface area contributed by atoms with E-state index in [0.29, 0.717) is 6.42 Å². The molecule has 3 nitrogen and oxygen atoms in total. The molecule has 7 heteroatoms. The first-order valence-corrected chi connectivity index (χ1v) is 6.08. The number of carbonyl (C=O) groups excluding carboxylic acids is 2. The third-order valence-electron chi connectivity index (χ3n) is 2.01. The van der Waals surface area contributed by atoms with Crippen LogP contribution in [0.1, 0.15) is 30.1 Å². The fraction of sp³-hybridized carbons (Fsp3) is 0.273. The average Bonchev–Trinajstić information content (AvgIpc) is 2.26. The van der Waals surface area contributed by atoms with Gasteiger partial charge in [-0.2, -0.15) is 0 Å². The fourth-order valence-electron chi connectivity index (χ4n) is 1.18. The molecule has 1 aromatic carbocycles. The predicted octanol–water partition coefficient (Wildman–Crippen LogP) is 3.32. The van der Waals surface area contributed by atoms with E-state index < -0.39 is 5.91 Å². The molecule has 0 bridgehead atoms. The second-order valence-electron chi connectivity index (χ2n) is 3.35. The van der Waals surface area contributed by atoms with Gasteiger partial charge in [0.05, 0.1) is 20.6 Å². The molecule has 3 radical (unpaired) electrons. The molecule has 0 fully saturated rings. The third-order valence-corrected chi connectivity index (χ3v) is 3.30. The molecule has 2 amide bonds. The smallest absolute Gasteiger partial charge is 0.259 e. The Hall–Kier alpha value is 0.0482. The van der Waals surface area contributed by atoms with Gasteiger partial charge in [0, 0.05) is 30.8 Å². The summed E-state index contributed by atoms with van der Waals surface area (Å²) in [7, 11) is 0. The largest absolute Gasteiger partial charge is 0.292 e. The Bertz CT molecular complexity index is 466. The van der Waals surface area contributed by atoms with E-state index in [1.807, 2.05) is 6.92 Å². The van der Waals surface area contributed by atoms with Gasteiger partial charge >= 0.3 is 0 Å². The molecule has 18 heavy (non-hydrogen) atoms. The fourth-order valence-corrected chi connectivity index (χ4v) is 1.81. The van der Waals surface area contributed by atoms with Gasteiger partial charge in [0.15, 0.2) is 0 Å². The Morgan fingerprint density at radius 1 is 1.17 bits per heavy atom. The topological polar surface area (TPSA) is 46.2 Å². The van der Waals surface area contributed by atoms with Crippen LogP contribution in [-0.2, 0) is 4.79 Å². The van der Waals surface area contributed by atoms with Crippen LogP contribution in [0.4, 0.5) is 0 Å². The van der Waals surface area contributed by atoms with E-state index in [9.17, 15) is 9.59 Å². The molecule has 0 heterocycles. The van der Waals surface area contributed by atoms with Crippen LogP contribution in [0, 0.1) is 0 Å². The van der Waals surface area contributed by atoms with E-state index in [2.05, 4.69) is 5.32 Å². The zero-order valence-electron chi connectivity index (χ0n) is 9.47. The Morgan fingerprint density at radius 2 is 1.78 bits per heavy atom. The van der Waals surface area contributed by atoms with Crippen molar-refractivity contribution in [3.8, 4) is 0 Å². The number of hydrogen-bond donors (Lipinski definition) is 1. The number of amides is 2. The van der Waals surface area contributed by atoms with Gasteiger partial charge in [-0.1, -0.05) is 41.7 Å². The average molecular weight is 416 g/mol. The minimum absolute atomic E-state index is 0. The van der Waals surface area contributed by atoms with Crippen LogP contribution in [0.2, 0.25) is 15.1 Å². The zero-order chi connectivity index (χ0) is 13.0. The standard InChI is InChI=1S/C11H10Cl3NO2.Sb/c1-2-3-8(16)15-11(17)6-4-5-7(12)10(14)9(6)13;/h4-5H,2-3H2,1H3,(H,15,16,17);. The molecular weight excluding hydrogens is 406 g/mol. The molecule has 0 aliphatic rings. The minimum Gasteiger partial charge on any atom is -0.292 e. The van der Waals surface area contributed by atoms with E-state index in [4.69, 9.17) is 34.8 Å². The number of benzene rings is 1. The Morgan fingerprint density at radius 3 is 2.33 bits per heavy atom. The van der Waals surface area contributed by atoms with Gasteiger partial charge in [-0.15, -0.1) is 0 Å². The Labute approximate surface area is 138 Å². The van der Waals surface area contributed by atoms with Crippen LogP contribution in [0.25, 0.3) is 0 Å². The number of hydrogen-bond acceptors (Lipinski definition) is 2. The minimum atomic E-state index is -0.577. The summed E-state index contributed by atoms with van der Waals surface area (Å²) < 4.78 is 0. The first kappa shape index (κ1) is 18.0. The van der Waals surface area contributed by atoms with Crippen LogP contribution in [-0.4, -0.2) is 36.2 Å². The second-order valence-corrected chi connectivity index (χ2v) is 4.51. The summed E-state index contributed by atoms with van der Waals surface area (Å²) in [4.78, 5) is 23.0. The van der Waals surface area contributed by atoms with Crippen molar-refractivity contribution < 1.29 is 9.59 Å². The third kappa shape index (κ3) is 4.62. The van der Waals surface area contributed by atoms with Crippen molar-refractivity contribution in [3.05, 3.63) is 32.8 Å². The maximum Gasteiger partial charge on any atom is 0.259 e. The normalized spacial score (nSPS) is 9.56. The summed E-state index contributed by atoms with van der Waals surface area (Å²) in [5.41, 5.74) is 0.130. The van der Waals surface area contributed by atoms with Crippen molar-refractivity contribution in [2.24, 2.45) is 0 Å². The number of rotatable bonds is 3. The molecule has 97 valence electrons. The SMILES string of the molecule is CCCC(=O)NC(=O)c1ccc(Cl)c(Cl)c1Cl.[Sb]. The van der Waals surface area contributed by atoms with E-state index in [1.54, 1.807) is 0 Å². The Balaban J connectivity index is 0.00000289. The summed E-state index contributed by atoms with van der Waals surface area (Å²) >= 11 is 17.4. The molecule has 0 aliphatic heterocycles. The van der Waals surface area contributed by atoms with E-state index in [0.717, 1.165) is 0 Å². The zero-order valence-corrected chi connectivity index (χ0v) is 14.3. The monoisotopic (exact) mass is 414 g/mol. The van der Waals surface area contributed by atoms with Crippen LogP contribution >= 0.6 is 34.8 Å². The molecule has 1 rings (SSSR count). The first-order chi connectivity index (χ1) is 7.97. The second kappa shape index (κ2) is 8.27. The van der Waals surface area contributed by atoms with Crippen molar-refractivity contribution >= 4 is 71.0 Å². The molecule has 1 N–H and O–H groups in total. The molecule has 0 spiro atoms. The van der Waals surface area contributed by atoms with E-state index >= 15 is 0 Å². The first-order valence-electron chi connectivity index (χ1n) is 4.95. The Kier molecular flexibility index (Phi) is 8.29. The van der Waals surface area contributed by atoms with Crippen molar-refractivity contribution in [1.82, 2.24) is 5.32 Å². The maximum atomic E-state index is 11.7. The van der Waals surface area contributed by atoms with Gasteiger partial charge < -0.3 is 0 Å². The van der Waals surface area contributed by atoms with Gasteiger partial charge in [0.25, 0.3) is 5.91 Å². The number of imide groups is 1. The number of halogens is 3. The van der Waals surface area contributed by atoms with Crippen LogP contribution in [0.3, 0.4) is 0 Å². The van der Waals surface area contributed by atoms with Crippen LogP contribution in [0.5, 0.6) is 0 Å². The molecule has 0 saturated heterocycles. The quantitative estimate of drug-likeness (QED) is 0.607. The van der Waals surface area contributed by atoms with E-state index in [1.165, 1.54) is 12.1 Å². The van der Waals surface area contributed by atoms with Crippen molar-refractivity contribution in [1.29, 1.82) is 0 Å². The summed E-state index contributed by atoms with van der Waals surface area (Å²) in [5, 5.41) is 2.62. The van der Waals surface area contributed by atoms with Gasteiger partial charge in [0.2, 0.25) is 5.91 Å². The molecule has 0 unspecified atom stereocenters. The summed E-state index contributed by atoms with van der Waals surface area (Å²) in [6, 6.07) is 2.88. The van der Waals surface area contributed by atoms with Gasteiger partial charge in [-0.25, -0.2) is 0 Å². The van der Waals surface area contributed by atoms with Crippen LogP contribution in [0.15, 0.2) is 12.1 Å². The maximum absolute atomic E-state index is 11.7. The number of nitrogens with one attached hydrogen (secondary N) is 1. The predicted molar refractivity (Wildman–Crippen MR) is 74.6 cm³/mol. The molecule has 1 aromatic rings. The van der Waals surface area contributed by atoms with Gasteiger partial charge in [-0.05, 0) is 18.6 Å². The number of carbonyl (C=O) groups is 2. The van der Waals surface area contributed by atoms with Gasteiger partial charge in [0.1, 0.15) is 0 Å². The van der Waals surface area contributed by atoms with Crippen molar-refractivity contribution in [2.45, 2.75) is 19.8 Å². The molecule has 0 saturated carbocycles. The van der Waals surface area contributed by atoms with Crippen molar-refractivity contribution in [3.63, 3.8) is 0 Å². The molecular formula is C11H10Cl3NO2Sb. The summed E-state index contributed by atoms with van der Waals surface area (Å²) in [5.74, 6) is -0.924. The summed E-state index contributed by atoms with van der Waals surface area (Å²) in [6.07, 6.45) is 0.943. The summed E-state index contributed by atoms with van der Waals surface area (Å²) in [6.45, 7) is 1.84. The molecule has 0 atom stereocenters. The molecule has 0 aliphatic carbocycles. The van der Waals surface area contributed by atoms with Gasteiger partial charge in [-0.3, -0.25) is 14.9 Å². The van der Waals surface area contributed by atoms with E-state index in [-0.39, 0.29) is 57.4 Å². The van der Waals surface area contributed by atoms with Crippen molar-refractivity contribution in [2.75, 3.05) is 0 Å². The molecule has 0 aromatic heterocycles.